The Balaban J connectivity index is 1.87. The van der Waals surface area contributed by atoms with Crippen LogP contribution in [0.3, 0.4) is 0 Å². The number of esters is 1. The monoisotopic (exact) mass is 269 g/mol. The van der Waals surface area contributed by atoms with Gasteiger partial charge in [-0.3, -0.25) is 4.79 Å². The summed E-state index contributed by atoms with van der Waals surface area (Å²) in [7, 11) is 1.39. The van der Waals surface area contributed by atoms with Crippen LogP contribution < -0.4 is 11.1 Å². The zero-order valence-electron chi connectivity index (χ0n) is 11.4. The Morgan fingerprint density at radius 1 is 1.32 bits per heavy atom. The van der Waals surface area contributed by atoms with E-state index in [1.54, 1.807) is 4.90 Å². The molecule has 2 rings (SSSR count). The average molecular weight is 269 g/mol. The molecule has 2 aliphatic rings. The number of urea groups is 1. The van der Waals surface area contributed by atoms with Gasteiger partial charge in [-0.15, -0.1) is 0 Å². The summed E-state index contributed by atoms with van der Waals surface area (Å²) in [6.07, 6.45) is 3.84. The van der Waals surface area contributed by atoms with E-state index in [0.29, 0.717) is 19.5 Å². The lowest BCUT2D eigenvalue weighted by molar-refractivity contribution is -0.142. The highest BCUT2D eigenvalue weighted by molar-refractivity contribution is 5.73. The summed E-state index contributed by atoms with van der Waals surface area (Å²) < 4.78 is 4.70. The fourth-order valence-corrected chi connectivity index (χ4v) is 2.65. The lowest BCUT2D eigenvalue weighted by atomic mass is 9.91. The Bertz CT molecular complexity index is 344. The van der Waals surface area contributed by atoms with Gasteiger partial charge in [0, 0.05) is 19.1 Å². The summed E-state index contributed by atoms with van der Waals surface area (Å²) in [5, 5.41) is 3.49. The van der Waals surface area contributed by atoms with Crippen LogP contribution in [0.25, 0.3) is 0 Å². The molecule has 0 aromatic heterocycles. The third-order valence-electron chi connectivity index (χ3n) is 3.92. The number of nitrogens with two attached hydrogens (primary N) is 1. The zero-order valence-corrected chi connectivity index (χ0v) is 11.4. The first kappa shape index (κ1) is 14.1. The highest BCUT2D eigenvalue weighted by Gasteiger charge is 2.31. The molecule has 3 N–H and O–H groups in total. The molecule has 1 aliphatic carbocycles. The summed E-state index contributed by atoms with van der Waals surface area (Å²) in [6, 6.07) is -0.177. The molecule has 108 valence electrons. The summed E-state index contributed by atoms with van der Waals surface area (Å²) in [6.45, 7) is 2.19. The minimum absolute atomic E-state index is 0.130. The zero-order chi connectivity index (χ0) is 13.8. The fourth-order valence-electron chi connectivity index (χ4n) is 2.65. The third-order valence-corrected chi connectivity index (χ3v) is 3.92. The van der Waals surface area contributed by atoms with Gasteiger partial charge in [-0.05, 0) is 37.6 Å². The van der Waals surface area contributed by atoms with Crippen molar-refractivity contribution in [2.24, 2.45) is 17.6 Å². The van der Waals surface area contributed by atoms with Gasteiger partial charge in [0.05, 0.1) is 13.5 Å². The van der Waals surface area contributed by atoms with Crippen LogP contribution in [0, 0.1) is 11.8 Å². The summed E-state index contributed by atoms with van der Waals surface area (Å²) in [4.78, 5) is 24.3. The molecule has 6 heteroatoms. The average Bonchev–Trinajstić information content (AvgIpc) is 3.20. The molecule has 1 heterocycles. The van der Waals surface area contributed by atoms with Gasteiger partial charge in [0.25, 0.3) is 0 Å². The Hall–Kier alpha value is -1.30. The third kappa shape index (κ3) is 4.38. The van der Waals surface area contributed by atoms with Crippen LogP contribution in [0.2, 0.25) is 0 Å². The topological polar surface area (TPSA) is 84.7 Å². The maximum Gasteiger partial charge on any atom is 0.314 e. The van der Waals surface area contributed by atoms with Crippen molar-refractivity contribution >= 4 is 12.0 Å². The van der Waals surface area contributed by atoms with E-state index < -0.39 is 6.03 Å². The molecule has 2 amide bonds. The molecule has 6 nitrogen and oxygen atoms in total. The van der Waals surface area contributed by atoms with Gasteiger partial charge < -0.3 is 20.7 Å². The van der Waals surface area contributed by atoms with Crippen molar-refractivity contribution in [3.63, 3.8) is 0 Å². The van der Waals surface area contributed by atoms with Crippen LogP contribution in [0.1, 0.15) is 25.7 Å². The normalized spacial score (nSPS) is 27.1. The molecule has 2 fully saturated rings. The first-order chi connectivity index (χ1) is 9.08. The number of ether oxygens (including phenoxy) is 1. The Kier molecular flexibility index (Phi) is 4.63. The summed E-state index contributed by atoms with van der Waals surface area (Å²) in [5.74, 6) is 0.700. The number of carbonyl (C=O) groups excluding carboxylic acids is 2. The first-order valence-electron chi connectivity index (χ1n) is 6.93. The van der Waals surface area contributed by atoms with Crippen molar-refractivity contribution < 1.29 is 14.3 Å². The molecule has 2 unspecified atom stereocenters. The second-order valence-electron chi connectivity index (χ2n) is 5.67. The van der Waals surface area contributed by atoms with Crippen LogP contribution in [0.5, 0.6) is 0 Å². The van der Waals surface area contributed by atoms with E-state index in [1.807, 2.05) is 0 Å². The number of hydrogen-bond donors (Lipinski definition) is 2. The molecular formula is C13H23N3O3. The van der Waals surface area contributed by atoms with E-state index in [2.05, 4.69) is 5.32 Å². The van der Waals surface area contributed by atoms with Crippen molar-refractivity contribution in [1.82, 2.24) is 10.2 Å². The van der Waals surface area contributed by atoms with Gasteiger partial charge in [0.2, 0.25) is 0 Å². The molecule has 19 heavy (non-hydrogen) atoms. The van der Waals surface area contributed by atoms with E-state index in [-0.39, 0.29) is 17.9 Å². The van der Waals surface area contributed by atoms with Crippen LogP contribution in [-0.4, -0.2) is 49.7 Å². The molecule has 2 atom stereocenters. The quantitative estimate of drug-likeness (QED) is 0.704. The number of rotatable bonds is 5. The molecule has 0 bridgehead atoms. The molecule has 0 radical (unpaired) electrons. The largest absolute Gasteiger partial charge is 0.469 e. The van der Waals surface area contributed by atoms with Gasteiger partial charge >= 0.3 is 12.0 Å². The van der Waals surface area contributed by atoms with Crippen molar-refractivity contribution in [2.75, 3.05) is 26.7 Å². The number of nitrogens with zero attached hydrogens (tertiary/aromatic N) is 1. The van der Waals surface area contributed by atoms with Gasteiger partial charge in [-0.25, -0.2) is 4.79 Å². The van der Waals surface area contributed by atoms with Gasteiger partial charge in [-0.1, -0.05) is 0 Å². The van der Waals surface area contributed by atoms with E-state index in [4.69, 9.17) is 10.5 Å². The number of piperidine rings is 1. The van der Waals surface area contributed by atoms with Gasteiger partial charge in [-0.2, -0.15) is 0 Å². The van der Waals surface area contributed by atoms with E-state index in [0.717, 1.165) is 18.9 Å². The number of nitrogens with one attached hydrogen (secondary N) is 1. The van der Waals surface area contributed by atoms with Crippen LogP contribution in [-0.2, 0) is 9.53 Å². The minimum atomic E-state index is -0.409. The second-order valence-corrected chi connectivity index (χ2v) is 5.67. The molecule has 1 saturated heterocycles. The minimum Gasteiger partial charge on any atom is -0.469 e. The van der Waals surface area contributed by atoms with Crippen molar-refractivity contribution in [2.45, 2.75) is 31.7 Å². The Labute approximate surface area is 113 Å². The SMILES string of the molecule is COC(=O)CC1CC(NCC2CC2)CN(C(N)=O)C1. The first-order valence-corrected chi connectivity index (χ1v) is 6.93. The molecule has 1 aliphatic heterocycles. The van der Waals surface area contributed by atoms with E-state index >= 15 is 0 Å². The molecule has 0 spiro atoms. The number of methoxy groups -OCH3 is 1. The predicted molar refractivity (Wildman–Crippen MR) is 70.4 cm³/mol. The second kappa shape index (κ2) is 6.23. The lowest BCUT2D eigenvalue weighted by Gasteiger charge is -2.37. The van der Waals surface area contributed by atoms with Gasteiger partial charge in [0.15, 0.2) is 0 Å². The highest BCUT2D eigenvalue weighted by Crippen LogP contribution is 2.28. The van der Waals surface area contributed by atoms with Crippen molar-refractivity contribution in [3.05, 3.63) is 0 Å². The number of carbonyl (C=O) groups is 2. The number of hydrogen-bond acceptors (Lipinski definition) is 4. The molecule has 0 aromatic rings. The number of likely N-dealkylation sites (tertiary alicyclic amines) is 1. The highest BCUT2D eigenvalue weighted by atomic mass is 16.5. The van der Waals surface area contributed by atoms with E-state index in [9.17, 15) is 9.59 Å². The van der Waals surface area contributed by atoms with E-state index in [1.165, 1.54) is 20.0 Å². The van der Waals surface area contributed by atoms with Crippen molar-refractivity contribution in [1.29, 1.82) is 0 Å². The lowest BCUT2D eigenvalue weighted by Crippen LogP contribution is -2.53. The standard InChI is InChI=1S/C13H23N3O3/c1-19-12(17)5-10-4-11(15-6-9-2-3-9)8-16(7-10)13(14)18/h9-11,15H,2-8H2,1H3,(H2,14,18). The summed E-state index contributed by atoms with van der Waals surface area (Å²) in [5.41, 5.74) is 5.37. The summed E-state index contributed by atoms with van der Waals surface area (Å²) >= 11 is 0. The molecule has 1 saturated carbocycles. The Morgan fingerprint density at radius 3 is 2.63 bits per heavy atom. The van der Waals surface area contributed by atoms with Crippen LogP contribution in [0.15, 0.2) is 0 Å². The van der Waals surface area contributed by atoms with Crippen molar-refractivity contribution in [3.8, 4) is 0 Å². The molecular weight excluding hydrogens is 246 g/mol. The van der Waals surface area contributed by atoms with Crippen LogP contribution in [0.4, 0.5) is 4.79 Å². The maximum atomic E-state index is 11.4. The fraction of sp³-hybridized carbons (Fsp3) is 0.846. The number of amides is 2. The number of primary amides is 1. The predicted octanol–water partition coefficient (Wildman–Crippen LogP) is 0.318. The van der Waals surface area contributed by atoms with Crippen LogP contribution >= 0.6 is 0 Å². The van der Waals surface area contributed by atoms with Gasteiger partial charge in [0.1, 0.15) is 0 Å². The molecule has 0 aromatic carbocycles. The Morgan fingerprint density at radius 2 is 2.05 bits per heavy atom. The maximum absolute atomic E-state index is 11.4. The smallest absolute Gasteiger partial charge is 0.314 e.